The number of nitrogens with two attached hydrogens (primary N) is 1. The van der Waals surface area contributed by atoms with E-state index in [0.29, 0.717) is 12.1 Å². The number of hydrogen-bond acceptors (Lipinski definition) is 6. The molecule has 9 heteroatoms. The van der Waals surface area contributed by atoms with Crippen LogP contribution in [0.4, 0.5) is 4.79 Å². The maximum Gasteiger partial charge on any atom is 0.360 e. The minimum absolute atomic E-state index is 0.0480. The van der Waals surface area contributed by atoms with E-state index in [-0.39, 0.29) is 12.2 Å². The number of nitrogens with one attached hydrogen (secondary N) is 1. The molecule has 0 fully saturated rings. The van der Waals surface area contributed by atoms with Crippen LogP contribution in [-0.4, -0.2) is 40.0 Å². The van der Waals surface area contributed by atoms with Crippen LogP contribution in [0.2, 0.25) is 0 Å². The summed E-state index contributed by atoms with van der Waals surface area (Å²) in [6, 6.07) is -0.952. The van der Waals surface area contributed by atoms with E-state index >= 15 is 0 Å². The number of ether oxygens (including phenoxy) is 1. The van der Waals surface area contributed by atoms with Crippen molar-refractivity contribution in [3.05, 3.63) is 11.4 Å². The van der Waals surface area contributed by atoms with E-state index in [9.17, 15) is 14.4 Å². The lowest BCUT2D eigenvalue weighted by molar-refractivity contribution is -0.120. The van der Waals surface area contributed by atoms with Gasteiger partial charge in [0.25, 0.3) is 0 Å². The number of rotatable bonds is 4. The van der Waals surface area contributed by atoms with Gasteiger partial charge in [-0.1, -0.05) is 12.1 Å². The van der Waals surface area contributed by atoms with Gasteiger partial charge in [-0.3, -0.25) is 10.1 Å². The number of hydrogen-bond donors (Lipinski definition) is 2. The highest BCUT2D eigenvalue weighted by Crippen LogP contribution is 2.07. The number of carbonyl (C=O) groups is 3. The average molecular weight is 255 g/mol. The number of esters is 1. The molecular formula is C9H13N5O4. The summed E-state index contributed by atoms with van der Waals surface area (Å²) in [5.41, 5.74) is 5.30. The van der Waals surface area contributed by atoms with E-state index in [0.717, 1.165) is 0 Å². The van der Waals surface area contributed by atoms with Gasteiger partial charge in [0, 0.05) is 0 Å². The molecule has 3 amide bonds. The highest BCUT2D eigenvalue weighted by Gasteiger charge is 2.20. The molecule has 0 aliphatic heterocycles. The van der Waals surface area contributed by atoms with Crippen LogP contribution in [0.1, 0.15) is 23.1 Å². The fourth-order valence-corrected chi connectivity index (χ4v) is 1.38. The normalized spacial score (nSPS) is 9.89. The Hall–Kier alpha value is -2.45. The standard InChI is InChI=1S/C9H13N5O4/c1-3-5-7(8(16)18-2)12-13-14(5)4-6(15)11-9(10)17/h3-4H2,1-2H3,(H3,10,11,15,17). The molecule has 0 aliphatic carbocycles. The van der Waals surface area contributed by atoms with Gasteiger partial charge < -0.3 is 10.5 Å². The molecular weight excluding hydrogens is 242 g/mol. The summed E-state index contributed by atoms with van der Waals surface area (Å²) in [5, 5.41) is 9.18. The zero-order valence-corrected chi connectivity index (χ0v) is 9.97. The van der Waals surface area contributed by atoms with E-state index in [1.165, 1.54) is 11.8 Å². The lowest BCUT2D eigenvalue weighted by Crippen LogP contribution is -2.37. The Morgan fingerprint density at radius 2 is 2.11 bits per heavy atom. The summed E-state index contributed by atoms with van der Waals surface area (Å²) >= 11 is 0. The Morgan fingerprint density at radius 1 is 1.44 bits per heavy atom. The minimum atomic E-state index is -0.952. The smallest absolute Gasteiger partial charge is 0.360 e. The number of methoxy groups -OCH3 is 1. The molecule has 1 heterocycles. The van der Waals surface area contributed by atoms with Gasteiger partial charge in [0.05, 0.1) is 12.8 Å². The van der Waals surface area contributed by atoms with E-state index in [4.69, 9.17) is 5.73 Å². The van der Waals surface area contributed by atoms with Crippen molar-refractivity contribution in [2.75, 3.05) is 7.11 Å². The quantitative estimate of drug-likeness (QED) is 0.651. The number of imide groups is 1. The van der Waals surface area contributed by atoms with E-state index in [1.807, 2.05) is 5.32 Å². The first-order chi connectivity index (χ1) is 8.49. The third-order valence-corrected chi connectivity index (χ3v) is 2.11. The zero-order valence-electron chi connectivity index (χ0n) is 9.97. The number of amides is 3. The van der Waals surface area contributed by atoms with Crippen molar-refractivity contribution in [1.82, 2.24) is 20.3 Å². The van der Waals surface area contributed by atoms with Crippen LogP contribution in [0.25, 0.3) is 0 Å². The molecule has 1 aromatic heterocycles. The number of primary amides is 1. The van der Waals surface area contributed by atoms with Gasteiger partial charge in [-0.15, -0.1) is 5.10 Å². The lowest BCUT2D eigenvalue weighted by atomic mass is 10.2. The van der Waals surface area contributed by atoms with Crippen molar-refractivity contribution in [1.29, 1.82) is 0 Å². The van der Waals surface area contributed by atoms with Gasteiger partial charge in [0.15, 0.2) is 5.69 Å². The maximum absolute atomic E-state index is 11.4. The molecule has 0 spiro atoms. The Bertz CT molecular complexity index is 481. The molecule has 0 bridgehead atoms. The maximum atomic E-state index is 11.4. The molecule has 18 heavy (non-hydrogen) atoms. The largest absolute Gasteiger partial charge is 0.464 e. The molecule has 0 saturated carbocycles. The monoisotopic (exact) mass is 255 g/mol. The second-order valence-electron chi connectivity index (χ2n) is 3.30. The Labute approximate surface area is 102 Å². The molecule has 0 radical (unpaired) electrons. The van der Waals surface area contributed by atoms with Crippen molar-refractivity contribution in [3.8, 4) is 0 Å². The van der Waals surface area contributed by atoms with Crippen LogP contribution in [0.3, 0.4) is 0 Å². The lowest BCUT2D eigenvalue weighted by Gasteiger charge is -2.04. The molecule has 0 saturated heterocycles. The van der Waals surface area contributed by atoms with Crippen molar-refractivity contribution < 1.29 is 19.1 Å². The summed E-state index contributed by atoms with van der Waals surface area (Å²) in [6.45, 7) is 1.52. The predicted molar refractivity (Wildman–Crippen MR) is 58.5 cm³/mol. The van der Waals surface area contributed by atoms with Crippen molar-refractivity contribution in [2.24, 2.45) is 5.73 Å². The molecule has 0 unspecified atom stereocenters. The molecule has 9 nitrogen and oxygen atoms in total. The van der Waals surface area contributed by atoms with Crippen LogP contribution in [0.15, 0.2) is 0 Å². The molecule has 0 atom stereocenters. The third-order valence-electron chi connectivity index (χ3n) is 2.11. The van der Waals surface area contributed by atoms with Crippen LogP contribution in [-0.2, 0) is 22.5 Å². The first kappa shape index (κ1) is 13.6. The predicted octanol–water partition coefficient (Wildman–Crippen LogP) is -1.18. The van der Waals surface area contributed by atoms with Gasteiger partial charge in [0.1, 0.15) is 6.54 Å². The van der Waals surface area contributed by atoms with Gasteiger partial charge in [-0.2, -0.15) is 0 Å². The zero-order chi connectivity index (χ0) is 13.7. The Morgan fingerprint density at radius 3 is 2.61 bits per heavy atom. The van der Waals surface area contributed by atoms with Gasteiger partial charge in [-0.05, 0) is 6.42 Å². The summed E-state index contributed by atoms with van der Waals surface area (Å²) in [5.74, 6) is -1.27. The highest BCUT2D eigenvalue weighted by molar-refractivity contribution is 5.93. The number of urea groups is 1. The fourth-order valence-electron chi connectivity index (χ4n) is 1.38. The minimum Gasteiger partial charge on any atom is -0.464 e. The SMILES string of the molecule is CCc1c(C(=O)OC)nnn1CC(=O)NC(N)=O. The number of carbonyl (C=O) groups excluding carboxylic acids is 3. The third kappa shape index (κ3) is 3.03. The van der Waals surface area contributed by atoms with Crippen molar-refractivity contribution in [2.45, 2.75) is 19.9 Å². The molecule has 3 N–H and O–H groups in total. The van der Waals surface area contributed by atoms with Gasteiger partial charge in [0.2, 0.25) is 5.91 Å². The molecule has 98 valence electrons. The topological polar surface area (TPSA) is 129 Å². The fraction of sp³-hybridized carbons (Fsp3) is 0.444. The first-order valence-corrected chi connectivity index (χ1v) is 5.09. The van der Waals surface area contributed by atoms with Crippen molar-refractivity contribution in [3.63, 3.8) is 0 Å². The van der Waals surface area contributed by atoms with Crippen molar-refractivity contribution >= 4 is 17.9 Å². The molecule has 0 aromatic carbocycles. The van der Waals surface area contributed by atoms with Crippen LogP contribution in [0.5, 0.6) is 0 Å². The van der Waals surface area contributed by atoms with Gasteiger partial charge >= 0.3 is 12.0 Å². The number of nitrogens with zero attached hydrogens (tertiary/aromatic N) is 3. The van der Waals surface area contributed by atoms with Crippen LogP contribution in [0, 0.1) is 0 Å². The second kappa shape index (κ2) is 5.75. The summed E-state index contributed by atoms with van der Waals surface area (Å²) in [6.07, 6.45) is 0.432. The molecule has 1 rings (SSSR count). The van der Waals surface area contributed by atoms with Crippen LogP contribution >= 0.6 is 0 Å². The second-order valence-corrected chi connectivity index (χ2v) is 3.30. The first-order valence-electron chi connectivity index (χ1n) is 5.09. The molecule has 0 aliphatic rings. The summed E-state index contributed by atoms with van der Waals surface area (Å²) in [7, 11) is 1.22. The Kier molecular flexibility index (Phi) is 4.35. The Balaban J connectivity index is 2.90. The highest BCUT2D eigenvalue weighted by atomic mass is 16.5. The molecule has 1 aromatic rings. The van der Waals surface area contributed by atoms with Crippen LogP contribution < -0.4 is 11.1 Å². The number of aromatic nitrogens is 3. The van der Waals surface area contributed by atoms with E-state index < -0.39 is 17.9 Å². The average Bonchev–Trinajstić information content (AvgIpc) is 2.69. The summed E-state index contributed by atoms with van der Waals surface area (Å²) in [4.78, 5) is 33.2. The van der Waals surface area contributed by atoms with E-state index in [1.54, 1.807) is 6.92 Å². The van der Waals surface area contributed by atoms with Gasteiger partial charge in [-0.25, -0.2) is 14.3 Å². The summed E-state index contributed by atoms with van der Waals surface area (Å²) < 4.78 is 5.75. The van der Waals surface area contributed by atoms with E-state index in [2.05, 4.69) is 15.0 Å².